The zero-order valence-corrected chi connectivity index (χ0v) is 15.2. The monoisotopic (exact) mass is 383 g/mol. The number of carbonyl (C=O) groups is 1. The van der Waals surface area contributed by atoms with Crippen molar-refractivity contribution in [1.82, 2.24) is 0 Å². The summed E-state index contributed by atoms with van der Waals surface area (Å²) in [6.45, 7) is 1.56. The topological polar surface area (TPSA) is 104 Å². The first-order valence-corrected chi connectivity index (χ1v) is 9.52. The van der Waals surface area contributed by atoms with Gasteiger partial charge in [-0.15, -0.1) is 0 Å². The van der Waals surface area contributed by atoms with Crippen molar-refractivity contribution in [2.75, 3.05) is 4.72 Å². The second kappa shape index (κ2) is 7.13. The molecule has 0 fully saturated rings. The largest absolute Gasteiger partial charge is 0.506 e. The van der Waals surface area contributed by atoms with E-state index in [4.69, 9.17) is 0 Å². The number of aromatic carboxylic acids is 1. The molecule has 0 aliphatic carbocycles. The minimum Gasteiger partial charge on any atom is -0.506 e. The molecule has 0 heterocycles. The maximum atomic E-state index is 12.9. The Balaban J connectivity index is 2.09. The molecule has 7 heteroatoms. The molecular weight excluding hydrogens is 366 g/mol. The molecule has 0 radical (unpaired) electrons. The summed E-state index contributed by atoms with van der Waals surface area (Å²) in [5, 5.41) is 19.4. The average molecular weight is 383 g/mol. The van der Waals surface area contributed by atoms with Gasteiger partial charge in [0.2, 0.25) is 0 Å². The quantitative estimate of drug-likeness (QED) is 0.620. The molecule has 3 rings (SSSR count). The molecule has 0 aliphatic rings. The van der Waals surface area contributed by atoms with Gasteiger partial charge < -0.3 is 10.2 Å². The fraction of sp³-hybridized carbons (Fsp3) is 0.0500. The van der Waals surface area contributed by atoms with E-state index in [0.29, 0.717) is 16.8 Å². The number of para-hydroxylation sites is 1. The Kier molecular flexibility index (Phi) is 4.87. The number of nitrogens with one attached hydrogen (secondary N) is 1. The lowest BCUT2D eigenvalue weighted by Gasteiger charge is -2.15. The first-order valence-electron chi connectivity index (χ1n) is 8.04. The first kappa shape index (κ1) is 18.5. The van der Waals surface area contributed by atoms with Crippen molar-refractivity contribution < 1.29 is 23.4 Å². The highest BCUT2D eigenvalue weighted by Gasteiger charge is 2.25. The van der Waals surface area contributed by atoms with Gasteiger partial charge in [0.25, 0.3) is 10.0 Å². The minimum absolute atomic E-state index is 0.321. The normalized spacial score (nSPS) is 11.1. The Morgan fingerprint density at radius 3 is 2.26 bits per heavy atom. The number of hydrogen-bond acceptors (Lipinski definition) is 4. The molecule has 0 saturated carbocycles. The summed E-state index contributed by atoms with van der Waals surface area (Å²) >= 11 is 0. The van der Waals surface area contributed by atoms with Crippen molar-refractivity contribution in [2.24, 2.45) is 0 Å². The number of carboxylic acids is 1. The zero-order valence-electron chi connectivity index (χ0n) is 14.4. The fourth-order valence-corrected chi connectivity index (χ4v) is 4.04. The molecular formula is C20H17NO5S. The number of rotatable bonds is 5. The van der Waals surface area contributed by atoms with E-state index in [1.165, 1.54) is 12.1 Å². The third kappa shape index (κ3) is 3.78. The molecule has 0 unspecified atom stereocenters. The molecule has 0 aromatic heterocycles. The Labute approximate surface area is 156 Å². The van der Waals surface area contributed by atoms with Crippen LogP contribution in [-0.2, 0) is 10.0 Å². The van der Waals surface area contributed by atoms with E-state index < -0.39 is 32.2 Å². The first-order chi connectivity index (χ1) is 12.8. The summed E-state index contributed by atoms with van der Waals surface area (Å²) in [7, 11) is -4.22. The molecule has 27 heavy (non-hydrogen) atoms. The van der Waals surface area contributed by atoms with Gasteiger partial charge in [0.05, 0.1) is 5.69 Å². The van der Waals surface area contributed by atoms with Gasteiger partial charge in [-0.05, 0) is 36.2 Å². The fourth-order valence-electron chi connectivity index (χ4n) is 2.75. The van der Waals surface area contributed by atoms with Crippen LogP contribution in [0, 0.1) is 6.92 Å². The highest BCUT2D eigenvalue weighted by molar-refractivity contribution is 7.92. The Morgan fingerprint density at radius 2 is 1.59 bits per heavy atom. The SMILES string of the molecule is Cc1cc(C(=O)O)c(O)c(S(=O)(=O)Nc2ccccc2-c2ccccc2)c1. The van der Waals surface area contributed by atoms with E-state index in [0.717, 1.165) is 5.56 Å². The van der Waals surface area contributed by atoms with Crippen LogP contribution in [-0.4, -0.2) is 24.6 Å². The summed E-state index contributed by atoms with van der Waals surface area (Å²) in [6.07, 6.45) is 0. The molecule has 0 bridgehead atoms. The smallest absolute Gasteiger partial charge is 0.339 e. The van der Waals surface area contributed by atoms with Gasteiger partial charge in [-0.3, -0.25) is 4.72 Å². The van der Waals surface area contributed by atoms with E-state index >= 15 is 0 Å². The van der Waals surface area contributed by atoms with E-state index in [1.54, 1.807) is 31.2 Å². The van der Waals surface area contributed by atoms with Crippen LogP contribution in [0.25, 0.3) is 11.1 Å². The Morgan fingerprint density at radius 1 is 0.963 bits per heavy atom. The average Bonchev–Trinajstić information content (AvgIpc) is 2.64. The van der Waals surface area contributed by atoms with Gasteiger partial charge in [0, 0.05) is 5.56 Å². The number of anilines is 1. The van der Waals surface area contributed by atoms with E-state index in [1.807, 2.05) is 30.3 Å². The lowest BCUT2D eigenvalue weighted by atomic mass is 10.0. The number of phenols is 1. The predicted octanol–water partition coefficient (Wildman–Crippen LogP) is 3.87. The van der Waals surface area contributed by atoms with Crippen LogP contribution in [0.1, 0.15) is 15.9 Å². The van der Waals surface area contributed by atoms with Gasteiger partial charge in [-0.2, -0.15) is 0 Å². The van der Waals surface area contributed by atoms with Crippen molar-refractivity contribution in [3.05, 3.63) is 77.9 Å². The summed E-state index contributed by atoms with van der Waals surface area (Å²) in [5.41, 5.74) is 1.73. The Hall–Kier alpha value is -3.32. The number of aromatic hydroxyl groups is 1. The van der Waals surface area contributed by atoms with Crippen molar-refractivity contribution in [3.8, 4) is 16.9 Å². The van der Waals surface area contributed by atoms with Crippen LogP contribution >= 0.6 is 0 Å². The van der Waals surface area contributed by atoms with E-state index in [9.17, 15) is 23.4 Å². The second-order valence-corrected chi connectivity index (χ2v) is 7.63. The summed E-state index contributed by atoms with van der Waals surface area (Å²) < 4.78 is 28.2. The van der Waals surface area contributed by atoms with Crippen molar-refractivity contribution >= 4 is 21.7 Å². The highest BCUT2D eigenvalue weighted by Crippen LogP contribution is 2.33. The molecule has 0 amide bonds. The summed E-state index contributed by atoms with van der Waals surface area (Å²) in [5.74, 6) is -2.20. The predicted molar refractivity (Wildman–Crippen MR) is 102 cm³/mol. The molecule has 0 atom stereocenters. The molecule has 0 saturated heterocycles. The summed E-state index contributed by atoms with van der Waals surface area (Å²) in [4.78, 5) is 10.8. The third-order valence-electron chi connectivity index (χ3n) is 4.00. The number of sulfonamides is 1. The lowest BCUT2D eigenvalue weighted by molar-refractivity contribution is 0.0693. The van der Waals surface area contributed by atoms with Gasteiger partial charge >= 0.3 is 5.97 Å². The van der Waals surface area contributed by atoms with Crippen LogP contribution in [0.15, 0.2) is 71.6 Å². The highest BCUT2D eigenvalue weighted by atomic mass is 32.2. The van der Waals surface area contributed by atoms with Crippen molar-refractivity contribution in [2.45, 2.75) is 11.8 Å². The molecule has 138 valence electrons. The number of benzene rings is 3. The van der Waals surface area contributed by atoms with Crippen molar-refractivity contribution in [1.29, 1.82) is 0 Å². The van der Waals surface area contributed by atoms with Crippen LogP contribution < -0.4 is 4.72 Å². The van der Waals surface area contributed by atoms with Crippen LogP contribution in [0.4, 0.5) is 5.69 Å². The van der Waals surface area contributed by atoms with Crippen molar-refractivity contribution in [3.63, 3.8) is 0 Å². The van der Waals surface area contributed by atoms with E-state index in [-0.39, 0.29) is 0 Å². The van der Waals surface area contributed by atoms with Crippen LogP contribution in [0.3, 0.4) is 0 Å². The van der Waals surface area contributed by atoms with Gasteiger partial charge in [-0.1, -0.05) is 48.5 Å². The standard InChI is InChI=1S/C20H17NO5S/c1-13-11-16(20(23)24)19(22)18(12-13)27(25,26)21-17-10-6-5-9-15(17)14-7-3-2-4-8-14/h2-12,21-22H,1H3,(H,23,24). The molecule has 3 aromatic carbocycles. The molecule has 6 nitrogen and oxygen atoms in total. The van der Waals surface area contributed by atoms with Gasteiger partial charge in [0.1, 0.15) is 10.5 Å². The molecule has 3 N–H and O–H groups in total. The molecule has 0 spiro atoms. The van der Waals surface area contributed by atoms with Gasteiger partial charge in [0.15, 0.2) is 5.75 Å². The summed E-state index contributed by atoms with van der Waals surface area (Å²) in [6, 6.07) is 18.5. The van der Waals surface area contributed by atoms with Crippen LogP contribution in [0.5, 0.6) is 5.75 Å². The number of aryl methyl sites for hydroxylation is 1. The third-order valence-corrected chi connectivity index (χ3v) is 5.37. The molecule has 0 aliphatic heterocycles. The Bertz CT molecular complexity index is 1110. The van der Waals surface area contributed by atoms with Crippen LogP contribution in [0.2, 0.25) is 0 Å². The number of hydrogen-bond donors (Lipinski definition) is 3. The maximum absolute atomic E-state index is 12.9. The zero-order chi connectivity index (χ0) is 19.6. The van der Waals surface area contributed by atoms with Gasteiger partial charge in [-0.25, -0.2) is 13.2 Å². The number of carboxylic acid groups (broad SMARTS) is 1. The second-order valence-electron chi connectivity index (χ2n) is 5.98. The maximum Gasteiger partial charge on any atom is 0.339 e. The minimum atomic E-state index is -4.22. The van der Waals surface area contributed by atoms with E-state index in [2.05, 4.69) is 4.72 Å². The molecule has 3 aromatic rings. The lowest BCUT2D eigenvalue weighted by Crippen LogP contribution is -2.15.